The highest BCUT2D eigenvalue weighted by Gasteiger charge is 2.17. The first-order valence-electron chi connectivity index (χ1n) is 3.68. The molecule has 5 nitrogen and oxygen atoms in total. The maximum Gasteiger partial charge on any atom is 0.128 e. The summed E-state index contributed by atoms with van der Waals surface area (Å²) in [5.74, 6) is 6.11. The third-order valence-electron chi connectivity index (χ3n) is 1.67. The second-order valence-electron chi connectivity index (χ2n) is 2.44. The van der Waals surface area contributed by atoms with E-state index in [2.05, 4.69) is 15.0 Å². The zero-order chi connectivity index (χ0) is 9.10. The van der Waals surface area contributed by atoms with Gasteiger partial charge in [-0.05, 0) is 23.7 Å². The normalized spacial score (nSPS) is 13.0. The van der Waals surface area contributed by atoms with E-state index in [0.717, 1.165) is 11.5 Å². The fraction of sp³-hybridized carbons (Fsp3) is 0.143. The zero-order valence-electron chi connectivity index (χ0n) is 6.68. The van der Waals surface area contributed by atoms with Crippen LogP contribution in [0.1, 0.15) is 17.5 Å². The summed E-state index contributed by atoms with van der Waals surface area (Å²) in [4.78, 5) is 0. The highest BCUT2D eigenvalue weighted by molar-refractivity contribution is 7.03. The molecular formula is C7H8N4OS. The summed E-state index contributed by atoms with van der Waals surface area (Å²) in [6.45, 7) is 0. The lowest BCUT2D eigenvalue weighted by Gasteiger charge is -2.08. The number of rotatable bonds is 3. The molecule has 2 heterocycles. The average molecular weight is 196 g/mol. The van der Waals surface area contributed by atoms with E-state index in [0.29, 0.717) is 0 Å². The molecule has 1 unspecified atom stereocenters. The standard InChI is InChI=1S/C7H8N4OS/c8-9-7(5-4-13-11-10-5)6-2-1-3-12-6/h1-4,7,9H,8H2. The van der Waals surface area contributed by atoms with E-state index < -0.39 is 0 Å². The van der Waals surface area contributed by atoms with Crippen molar-refractivity contribution in [2.24, 2.45) is 5.84 Å². The van der Waals surface area contributed by atoms with E-state index >= 15 is 0 Å². The molecule has 2 aromatic rings. The van der Waals surface area contributed by atoms with Crippen molar-refractivity contribution in [1.29, 1.82) is 0 Å². The van der Waals surface area contributed by atoms with Gasteiger partial charge in [0.25, 0.3) is 0 Å². The lowest BCUT2D eigenvalue weighted by atomic mass is 10.2. The maximum absolute atomic E-state index is 5.38. The van der Waals surface area contributed by atoms with Crippen LogP contribution in [-0.2, 0) is 0 Å². The molecule has 0 aliphatic carbocycles. The van der Waals surface area contributed by atoms with Crippen molar-refractivity contribution >= 4 is 11.5 Å². The summed E-state index contributed by atoms with van der Waals surface area (Å²) in [6, 6.07) is 3.43. The van der Waals surface area contributed by atoms with Crippen LogP contribution in [0.3, 0.4) is 0 Å². The molecule has 13 heavy (non-hydrogen) atoms. The first kappa shape index (κ1) is 8.36. The number of hydrazine groups is 1. The van der Waals surface area contributed by atoms with Crippen LogP contribution in [0.2, 0.25) is 0 Å². The van der Waals surface area contributed by atoms with E-state index in [-0.39, 0.29) is 6.04 Å². The van der Waals surface area contributed by atoms with Crippen molar-refractivity contribution in [1.82, 2.24) is 15.0 Å². The van der Waals surface area contributed by atoms with Gasteiger partial charge in [0, 0.05) is 5.38 Å². The predicted octanol–water partition coefficient (Wildman–Crippen LogP) is 0.684. The van der Waals surface area contributed by atoms with Gasteiger partial charge in [-0.25, -0.2) is 5.43 Å². The van der Waals surface area contributed by atoms with Crippen LogP contribution < -0.4 is 11.3 Å². The Balaban J connectivity index is 2.29. The van der Waals surface area contributed by atoms with Crippen molar-refractivity contribution in [3.63, 3.8) is 0 Å². The third-order valence-corrected chi connectivity index (χ3v) is 2.19. The molecule has 0 radical (unpaired) electrons. The van der Waals surface area contributed by atoms with Crippen LogP contribution in [-0.4, -0.2) is 9.59 Å². The van der Waals surface area contributed by atoms with E-state index in [1.54, 1.807) is 12.3 Å². The quantitative estimate of drug-likeness (QED) is 0.557. The Labute approximate surface area is 78.7 Å². The number of aromatic nitrogens is 2. The molecule has 0 amide bonds. The Morgan fingerprint density at radius 3 is 3.08 bits per heavy atom. The number of nitrogens with zero attached hydrogens (tertiary/aromatic N) is 2. The highest BCUT2D eigenvalue weighted by atomic mass is 32.1. The third kappa shape index (κ3) is 1.59. The minimum Gasteiger partial charge on any atom is -0.467 e. The molecular weight excluding hydrogens is 188 g/mol. The van der Waals surface area contributed by atoms with E-state index in [9.17, 15) is 0 Å². The summed E-state index contributed by atoms with van der Waals surface area (Å²) < 4.78 is 8.96. The van der Waals surface area contributed by atoms with Gasteiger partial charge in [0.1, 0.15) is 17.5 Å². The first-order valence-corrected chi connectivity index (χ1v) is 4.52. The van der Waals surface area contributed by atoms with Crippen LogP contribution in [0.5, 0.6) is 0 Å². The van der Waals surface area contributed by atoms with E-state index in [4.69, 9.17) is 10.3 Å². The Morgan fingerprint density at radius 1 is 1.62 bits per heavy atom. The first-order chi connectivity index (χ1) is 6.42. The van der Waals surface area contributed by atoms with Crippen molar-refractivity contribution in [3.05, 3.63) is 35.2 Å². The molecule has 0 saturated carbocycles. The van der Waals surface area contributed by atoms with Gasteiger partial charge >= 0.3 is 0 Å². The maximum atomic E-state index is 5.38. The molecule has 3 N–H and O–H groups in total. The minimum absolute atomic E-state index is 0.214. The molecule has 0 fully saturated rings. The molecule has 0 aliphatic heterocycles. The number of furan rings is 1. The predicted molar refractivity (Wildman–Crippen MR) is 47.8 cm³/mol. The molecule has 1 atom stereocenters. The van der Waals surface area contributed by atoms with Gasteiger partial charge < -0.3 is 4.42 Å². The number of nitrogens with one attached hydrogen (secondary N) is 1. The van der Waals surface area contributed by atoms with Gasteiger partial charge in [-0.15, -0.1) is 5.10 Å². The molecule has 0 spiro atoms. The second-order valence-corrected chi connectivity index (χ2v) is 3.05. The fourth-order valence-electron chi connectivity index (χ4n) is 1.07. The van der Waals surface area contributed by atoms with E-state index in [1.807, 2.05) is 11.4 Å². The highest BCUT2D eigenvalue weighted by Crippen LogP contribution is 2.19. The number of hydrogen-bond acceptors (Lipinski definition) is 6. The van der Waals surface area contributed by atoms with Crippen molar-refractivity contribution in [2.75, 3.05) is 0 Å². The molecule has 2 aromatic heterocycles. The topological polar surface area (TPSA) is 77.0 Å². The molecule has 68 valence electrons. The lowest BCUT2D eigenvalue weighted by molar-refractivity contribution is 0.447. The Kier molecular flexibility index (Phi) is 2.35. The molecule has 6 heteroatoms. The van der Waals surface area contributed by atoms with Crippen LogP contribution in [0.4, 0.5) is 0 Å². The number of hydrogen-bond donors (Lipinski definition) is 2. The van der Waals surface area contributed by atoms with Gasteiger partial charge in [0.05, 0.1) is 6.26 Å². The van der Waals surface area contributed by atoms with Crippen LogP contribution in [0.25, 0.3) is 0 Å². The van der Waals surface area contributed by atoms with Gasteiger partial charge in [-0.3, -0.25) is 5.84 Å². The lowest BCUT2D eigenvalue weighted by Crippen LogP contribution is -2.28. The summed E-state index contributed by atoms with van der Waals surface area (Å²) in [5.41, 5.74) is 3.38. The van der Waals surface area contributed by atoms with Crippen molar-refractivity contribution in [2.45, 2.75) is 6.04 Å². The molecule has 0 aromatic carbocycles. The van der Waals surface area contributed by atoms with Crippen LogP contribution >= 0.6 is 11.5 Å². The summed E-state index contributed by atoms with van der Waals surface area (Å²) >= 11 is 1.28. The second kappa shape index (κ2) is 3.65. The minimum atomic E-state index is -0.214. The largest absolute Gasteiger partial charge is 0.467 e. The molecule has 2 rings (SSSR count). The van der Waals surface area contributed by atoms with E-state index in [1.165, 1.54) is 11.5 Å². The van der Waals surface area contributed by atoms with Gasteiger partial charge in [-0.2, -0.15) is 0 Å². The Bertz CT molecular complexity index is 310. The van der Waals surface area contributed by atoms with Crippen molar-refractivity contribution < 1.29 is 4.42 Å². The van der Waals surface area contributed by atoms with Crippen LogP contribution in [0, 0.1) is 0 Å². The average Bonchev–Trinajstić information content (AvgIpc) is 2.76. The van der Waals surface area contributed by atoms with Crippen molar-refractivity contribution in [3.8, 4) is 0 Å². The fourth-order valence-corrected chi connectivity index (χ4v) is 1.55. The summed E-state index contributed by atoms with van der Waals surface area (Å²) in [6.07, 6.45) is 1.60. The SMILES string of the molecule is NNC(c1csnn1)c1ccco1. The smallest absolute Gasteiger partial charge is 0.128 e. The van der Waals surface area contributed by atoms with Gasteiger partial charge in [-0.1, -0.05) is 4.49 Å². The van der Waals surface area contributed by atoms with Gasteiger partial charge in [0.2, 0.25) is 0 Å². The Morgan fingerprint density at radius 2 is 2.54 bits per heavy atom. The molecule has 0 bridgehead atoms. The molecule has 0 aliphatic rings. The number of nitrogens with two attached hydrogens (primary N) is 1. The summed E-state index contributed by atoms with van der Waals surface area (Å²) in [5, 5.41) is 5.74. The zero-order valence-corrected chi connectivity index (χ0v) is 7.49. The van der Waals surface area contributed by atoms with Gasteiger partial charge in [0.15, 0.2) is 0 Å². The monoisotopic (exact) mass is 196 g/mol. The summed E-state index contributed by atoms with van der Waals surface area (Å²) in [7, 11) is 0. The van der Waals surface area contributed by atoms with Crippen LogP contribution in [0.15, 0.2) is 28.2 Å². The Hall–Kier alpha value is -1.24. The molecule has 0 saturated heterocycles.